The predicted molar refractivity (Wildman–Crippen MR) is 142 cm³/mol. The molecule has 3 N–H and O–H groups in total. The fourth-order valence-electron chi connectivity index (χ4n) is 3.60. The van der Waals surface area contributed by atoms with E-state index in [1.165, 1.54) is 19.3 Å². The van der Waals surface area contributed by atoms with Crippen molar-refractivity contribution < 1.29 is 52.1 Å². The Morgan fingerprint density at radius 2 is 1.29 bits per heavy atom. The van der Waals surface area contributed by atoms with Crippen LogP contribution in [0, 0.1) is 67.8 Å². The van der Waals surface area contributed by atoms with E-state index in [0.29, 0.717) is 32.4 Å². The topological polar surface area (TPSA) is 87.3 Å². The molecular weight excluding hydrogens is 591 g/mol. The predicted octanol–water partition coefficient (Wildman–Crippen LogP) is 5.41. The van der Waals surface area contributed by atoms with Crippen LogP contribution in [0.4, 0.5) is 0 Å². The second-order valence-corrected chi connectivity index (χ2v) is 11.5. The molecule has 0 aromatic carbocycles. The van der Waals surface area contributed by atoms with Crippen LogP contribution in [0.15, 0.2) is 0 Å². The first-order valence-electron chi connectivity index (χ1n) is 13.5. The van der Waals surface area contributed by atoms with E-state index in [1.54, 1.807) is 0 Å². The maximum absolute atomic E-state index is 12.8. The molecule has 0 heterocycles. The van der Waals surface area contributed by atoms with Gasteiger partial charge >= 0.3 is 0 Å². The van der Waals surface area contributed by atoms with Crippen LogP contribution in [0.3, 0.4) is 0 Å². The van der Waals surface area contributed by atoms with Crippen LogP contribution in [0.1, 0.15) is 113 Å². The number of hydrogen-bond donors (Lipinski definition) is 3. The average Bonchev–Trinajstić information content (AvgIpc) is 2.74. The summed E-state index contributed by atoms with van der Waals surface area (Å²) in [5, 5.41) is 8.87. The van der Waals surface area contributed by atoms with Gasteiger partial charge in [-0.25, -0.2) is 0 Å². The number of carbonyl (C=O) groups excluding carboxylic acids is 3. The first kappa shape index (κ1) is 36.8. The largest absolute Gasteiger partial charge is 0.356 e. The Hall–Kier alpha value is -0.330. The smallest absolute Gasteiger partial charge is 0.242 e. The van der Waals surface area contributed by atoms with Crippen LogP contribution >= 0.6 is 0 Å². The van der Waals surface area contributed by atoms with Crippen molar-refractivity contribution in [3.05, 3.63) is 6.92 Å². The SMILES string of the molecule is [CH2-]CC(C)C(=O)NCCCC[C@H](NC(=O)CC(C)(C)C)C(=O)NCCCCCC[C@H](C)C(C)C.[Ho]. The van der Waals surface area contributed by atoms with Gasteiger partial charge in [0.15, 0.2) is 0 Å². The van der Waals surface area contributed by atoms with Gasteiger partial charge in [0.2, 0.25) is 17.7 Å². The van der Waals surface area contributed by atoms with Gasteiger partial charge in [-0.05, 0) is 42.9 Å². The standard InChI is InChI=1S/C28H54N3O3.Ho/c1-9-22(4)26(33)29-19-15-13-17-24(31-25(32)20-28(6,7)8)27(34)30-18-14-11-10-12-16-23(5)21(2)3;/h21-24H,1,9-20H2,2-8H3,(H,29,33)(H,30,34)(H,31,32);/q-1;/t22?,23-,24-;/m0./s1. The quantitative estimate of drug-likeness (QED) is 0.106. The molecule has 1 radical (unpaired) electrons. The third kappa shape index (κ3) is 20.4. The molecule has 0 aliphatic heterocycles. The summed E-state index contributed by atoms with van der Waals surface area (Å²) < 4.78 is 0. The van der Waals surface area contributed by atoms with Crippen molar-refractivity contribution in [2.24, 2.45) is 23.2 Å². The van der Waals surface area contributed by atoms with Crippen LogP contribution in [-0.2, 0) is 14.4 Å². The van der Waals surface area contributed by atoms with Crippen LogP contribution in [0.5, 0.6) is 0 Å². The average molecular weight is 646 g/mol. The van der Waals surface area contributed by atoms with E-state index in [1.807, 2.05) is 27.7 Å². The summed E-state index contributed by atoms with van der Waals surface area (Å²) in [6.45, 7) is 19.7. The molecule has 0 aliphatic rings. The van der Waals surface area contributed by atoms with Gasteiger partial charge < -0.3 is 22.9 Å². The zero-order valence-corrected chi connectivity index (χ0v) is 25.5. The molecule has 0 bridgehead atoms. The van der Waals surface area contributed by atoms with Crippen molar-refractivity contribution in [3.63, 3.8) is 0 Å². The number of nitrogens with one attached hydrogen (secondary N) is 3. The molecule has 0 spiro atoms. The van der Waals surface area contributed by atoms with E-state index >= 15 is 0 Å². The molecule has 0 rings (SSSR count). The molecule has 0 aromatic heterocycles. The molecule has 1 unspecified atom stereocenters. The van der Waals surface area contributed by atoms with Crippen molar-refractivity contribution in [3.8, 4) is 0 Å². The summed E-state index contributed by atoms with van der Waals surface area (Å²) in [5.74, 6) is 1.22. The number of amides is 3. The number of rotatable bonds is 18. The Morgan fingerprint density at radius 1 is 0.771 bits per heavy atom. The molecule has 35 heavy (non-hydrogen) atoms. The fraction of sp³-hybridized carbons (Fsp3) is 0.857. The van der Waals surface area contributed by atoms with Crippen molar-refractivity contribution in [1.82, 2.24) is 16.0 Å². The second kappa shape index (κ2) is 20.7. The minimum absolute atomic E-state index is 0. The third-order valence-electron chi connectivity index (χ3n) is 6.47. The summed E-state index contributed by atoms with van der Waals surface area (Å²) >= 11 is 0. The summed E-state index contributed by atoms with van der Waals surface area (Å²) in [6, 6.07) is -0.531. The Kier molecular flexibility index (Phi) is 21.8. The summed E-state index contributed by atoms with van der Waals surface area (Å²) in [4.78, 5) is 37.1. The molecule has 0 saturated heterocycles. The van der Waals surface area contributed by atoms with E-state index in [4.69, 9.17) is 0 Å². The van der Waals surface area contributed by atoms with Gasteiger partial charge in [0, 0.05) is 63.2 Å². The maximum atomic E-state index is 12.8. The van der Waals surface area contributed by atoms with Crippen LogP contribution in [0.25, 0.3) is 0 Å². The van der Waals surface area contributed by atoms with E-state index < -0.39 is 6.04 Å². The van der Waals surface area contributed by atoms with Gasteiger partial charge in [-0.3, -0.25) is 14.4 Å². The number of hydrogen-bond acceptors (Lipinski definition) is 3. The molecule has 0 aromatic rings. The van der Waals surface area contributed by atoms with E-state index in [2.05, 4.69) is 43.6 Å². The Labute approximate surface area is 246 Å². The molecule has 7 heteroatoms. The summed E-state index contributed by atoms with van der Waals surface area (Å²) in [5.41, 5.74) is -0.132. The maximum Gasteiger partial charge on any atom is 0.242 e. The van der Waals surface area contributed by atoms with E-state index in [9.17, 15) is 14.4 Å². The summed E-state index contributed by atoms with van der Waals surface area (Å²) in [6.07, 6.45) is 8.80. The minimum atomic E-state index is -0.531. The molecule has 0 fully saturated rings. The van der Waals surface area contributed by atoms with Crippen molar-refractivity contribution in [2.75, 3.05) is 13.1 Å². The molecular formula is C28H54HoN3O3-. The van der Waals surface area contributed by atoms with E-state index in [0.717, 1.165) is 37.5 Å². The third-order valence-corrected chi connectivity index (χ3v) is 6.47. The van der Waals surface area contributed by atoms with Gasteiger partial charge in [0.1, 0.15) is 6.04 Å². The summed E-state index contributed by atoms with van der Waals surface area (Å²) in [7, 11) is 0. The number of unbranched alkanes of at least 4 members (excludes halogenated alkanes) is 4. The molecule has 6 nitrogen and oxygen atoms in total. The fourth-order valence-corrected chi connectivity index (χ4v) is 3.60. The normalized spacial score (nSPS) is 14.0. The van der Waals surface area contributed by atoms with Gasteiger partial charge in [0.05, 0.1) is 0 Å². The van der Waals surface area contributed by atoms with Gasteiger partial charge in [0.25, 0.3) is 0 Å². The van der Waals surface area contributed by atoms with Crippen molar-refractivity contribution >= 4 is 17.7 Å². The van der Waals surface area contributed by atoms with Crippen LogP contribution in [-0.4, -0.2) is 36.9 Å². The van der Waals surface area contributed by atoms with Gasteiger partial charge in [-0.2, -0.15) is 6.42 Å². The minimum Gasteiger partial charge on any atom is -0.356 e. The molecule has 3 amide bonds. The van der Waals surface area contributed by atoms with Gasteiger partial charge in [-0.15, -0.1) is 0 Å². The zero-order valence-electron chi connectivity index (χ0n) is 23.5. The molecule has 211 valence electrons. The van der Waals surface area contributed by atoms with Crippen LogP contribution < -0.4 is 16.0 Å². The zero-order chi connectivity index (χ0) is 26.1. The second-order valence-electron chi connectivity index (χ2n) is 11.5. The molecule has 0 aliphatic carbocycles. The first-order chi connectivity index (χ1) is 15.9. The first-order valence-corrected chi connectivity index (χ1v) is 13.5. The monoisotopic (exact) mass is 645 g/mol. The van der Waals surface area contributed by atoms with E-state index in [-0.39, 0.29) is 66.8 Å². The molecule has 3 atom stereocenters. The van der Waals surface area contributed by atoms with Crippen molar-refractivity contribution in [2.45, 2.75) is 119 Å². The molecule has 0 saturated carbocycles. The van der Waals surface area contributed by atoms with Gasteiger partial charge in [-0.1, -0.05) is 74.1 Å². The van der Waals surface area contributed by atoms with Crippen LogP contribution in [0.2, 0.25) is 0 Å². The van der Waals surface area contributed by atoms with Crippen molar-refractivity contribution in [1.29, 1.82) is 0 Å². The number of carbonyl (C=O) groups is 3. The Morgan fingerprint density at radius 3 is 1.83 bits per heavy atom. The Bertz CT molecular complexity index is 590. The Balaban J connectivity index is 0.